The molecule has 28 heavy (non-hydrogen) atoms. The molecule has 5 nitrogen and oxygen atoms in total. The van der Waals surface area contributed by atoms with Crippen LogP contribution in [-0.4, -0.2) is 22.5 Å². The van der Waals surface area contributed by atoms with Crippen molar-refractivity contribution in [3.05, 3.63) is 82.1 Å². The van der Waals surface area contributed by atoms with Gasteiger partial charge in [-0.3, -0.25) is 0 Å². The lowest BCUT2D eigenvalue weighted by Gasteiger charge is -2.23. The Morgan fingerprint density at radius 3 is 2.79 bits per heavy atom. The van der Waals surface area contributed by atoms with Crippen molar-refractivity contribution in [3.8, 4) is 0 Å². The van der Waals surface area contributed by atoms with Gasteiger partial charge in [0.1, 0.15) is 5.82 Å². The van der Waals surface area contributed by atoms with E-state index in [-0.39, 0.29) is 11.7 Å². The summed E-state index contributed by atoms with van der Waals surface area (Å²) in [6.45, 7) is 4.93. The maximum absolute atomic E-state index is 14.4. The Morgan fingerprint density at radius 2 is 2.11 bits per heavy atom. The first-order valence-corrected chi connectivity index (χ1v) is 9.11. The Hall–Kier alpha value is -2.70. The quantitative estimate of drug-likeness (QED) is 0.220. The van der Waals surface area contributed by atoms with Crippen molar-refractivity contribution in [3.63, 3.8) is 0 Å². The highest BCUT2D eigenvalue weighted by Gasteiger charge is 2.33. The van der Waals surface area contributed by atoms with E-state index in [4.69, 9.17) is 28.0 Å². The van der Waals surface area contributed by atoms with Gasteiger partial charge in [-0.2, -0.15) is 5.10 Å². The highest BCUT2D eigenvalue weighted by molar-refractivity contribution is 6.37. The smallest absolute Gasteiger partial charge is 0.312 e. The topological polar surface area (TPSA) is 54.3 Å². The van der Waals surface area contributed by atoms with Gasteiger partial charge in [0, 0.05) is 28.6 Å². The standard InChI is InChI=1S/C20H16Cl2FN3O2/c1-3-20(27)28-25-12(2)26-19(15-6-4-5-7-17(15)23)11-18(24-26)14-9-8-13(21)10-16(14)22/h3-10,19H,1,11H2,2H3/b25-12-. The average molecular weight is 420 g/mol. The lowest BCUT2D eigenvalue weighted by atomic mass is 9.98. The maximum atomic E-state index is 14.4. The predicted molar refractivity (Wildman–Crippen MR) is 108 cm³/mol. The maximum Gasteiger partial charge on any atom is 0.358 e. The minimum atomic E-state index is -0.703. The van der Waals surface area contributed by atoms with Crippen LogP contribution in [0.1, 0.15) is 30.5 Å². The van der Waals surface area contributed by atoms with Crippen LogP contribution in [0.4, 0.5) is 4.39 Å². The Morgan fingerprint density at radius 1 is 1.36 bits per heavy atom. The molecule has 1 heterocycles. The molecular formula is C20H16Cl2FN3O2. The van der Waals surface area contributed by atoms with Crippen LogP contribution in [0.25, 0.3) is 0 Å². The number of carbonyl (C=O) groups excluding carboxylic acids is 1. The molecule has 2 aromatic rings. The number of hydrazone groups is 1. The van der Waals surface area contributed by atoms with Crippen LogP contribution in [0.3, 0.4) is 0 Å². The zero-order valence-electron chi connectivity index (χ0n) is 14.9. The van der Waals surface area contributed by atoms with E-state index in [9.17, 15) is 9.18 Å². The van der Waals surface area contributed by atoms with E-state index in [0.717, 1.165) is 6.08 Å². The third kappa shape index (κ3) is 4.24. The highest BCUT2D eigenvalue weighted by atomic mass is 35.5. The first-order valence-electron chi connectivity index (χ1n) is 8.35. The lowest BCUT2D eigenvalue weighted by Crippen LogP contribution is -2.26. The van der Waals surface area contributed by atoms with Gasteiger partial charge in [0.2, 0.25) is 0 Å². The van der Waals surface area contributed by atoms with Gasteiger partial charge in [0.25, 0.3) is 0 Å². The predicted octanol–water partition coefficient (Wildman–Crippen LogP) is 5.35. The molecule has 1 atom stereocenters. The summed E-state index contributed by atoms with van der Waals surface area (Å²) in [4.78, 5) is 16.1. The zero-order valence-corrected chi connectivity index (χ0v) is 16.4. The van der Waals surface area contributed by atoms with Crippen molar-refractivity contribution in [1.29, 1.82) is 0 Å². The molecule has 8 heteroatoms. The van der Waals surface area contributed by atoms with E-state index in [2.05, 4.69) is 16.8 Å². The zero-order chi connectivity index (χ0) is 20.3. The van der Waals surface area contributed by atoms with E-state index < -0.39 is 12.0 Å². The van der Waals surface area contributed by atoms with Gasteiger partial charge in [0.05, 0.1) is 16.8 Å². The summed E-state index contributed by atoms with van der Waals surface area (Å²) in [6.07, 6.45) is 1.38. The Kier molecular flexibility index (Phi) is 6.11. The van der Waals surface area contributed by atoms with E-state index in [0.29, 0.717) is 33.3 Å². The molecule has 0 amide bonds. The van der Waals surface area contributed by atoms with Crippen LogP contribution in [0.5, 0.6) is 0 Å². The van der Waals surface area contributed by atoms with Gasteiger partial charge in [-0.1, -0.05) is 59.2 Å². The number of hydrogen-bond acceptors (Lipinski definition) is 4. The molecule has 0 saturated carbocycles. The van der Waals surface area contributed by atoms with Crippen molar-refractivity contribution >= 4 is 40.7 Å². The second-order valence-corrected chi connectivity index (χ2v) is 6.85. The van der Waals surface area contributed by atoms with Gasteiger partial charge < -0.3 is 4.84 Å². The monoisotopic (exact) mass is 419 g/mol. The van der Waals surface area contributed by atoms with E-state index >= 15 is 0 Å². The first kappa shape index (κ1) is 20.0. The summed E-state index contributed by atoms with van der Waals surface area (Å²) in [5.41, 5.74) is 1.77. The second kappa shape index (κ2) is 8.54. The molecule has 1 aliphatic rings. The number of rotatable bonds is 4. The molecule has 3 rings (SSSR count). The van der Waals surface area contributed by atoms with Crippen LogP contribution in [0.15, 0.2) is 65.4 Å². The molecule has 0 aromatic heterocycles. The summed E-state index contributed by atoms with van der Waals surface area (Å²) in [5.74, 6) is -0.790. The number of oxime groups is 1. The lowest BCUT2D eigenvalue weighted by molar-refractivity contribution is -0.137. The summed E-state index contributed by atoms with van der Waals surface area (Å²) in [6, 6.07) is 11.0. The number of amidine groups is 1. The van der Waals surface area contributed by atoms with Crippen LogP contribution in [0, 0.1) is 5.82 Å². The fourth-order valence-corrected chi connectivity index (χ4v) is 3.39. The molecule has 0 N–H and O–H groups in total. The molecule has 2 aromatic carbocycles. The van der Waals surface area contributed by atoms with Gasteiger partial charge in [-0.25, -0.2) is 14.2 Å². The molecule has 0 saturated heterocycles. The molecule has 0 bridgehead atoms. The van der Waals surface area contributed by atoms with Crippen LogP contribution in [0.2, 0.25) is 10.0 Å². The normalized spacial score (nSPS) is 16.7. The van der Waals surface area contributed by atoms with Crippen molar-refractivity contribution in [1.82, 2.24) is 5.01 Å². The van der Waals surface area contributed by atoms with Crippen molar-refractivity contribution in [2.45, 2.75) is 19.4 Å². The fraction of sp³-hybridized carbons (Fsp3) is 0.150. The van der Waals surface area contributed by atoms with Gasteiger partial charge in [0.15, 0.2) is 5.84 Å². The Balaban J connectivity index is 2.01. The molecule has 0 fully saturated rings. The molecule has 144 valence electrons. The Bertz CT molecular complexity index is 991. The number of benzene rings is 2. The summed E-state index contributed by atoms with van der Waals surface area (Å²) in [7, 11) is 0. The van der Waals surface area contributed by atoms with Crippen LogP contribution < -0.4 is 0 Å². The summed E-state index contributed by atoms with van der Waals surface area (Å²) >= 11 is 12.3. The number of hydrogen-bond donors (Lipinski definition) is 0. The van der Waals surface area contributed by atoms with Gasteiger partial charge >= 0.3 is 5.97 Å². The van der Waals surface area contributed by atoms with Crippen molar-refractivity contribution in [2.75, 3.05) is 0 Å². The van der Waals surface area contributed by atoms with Crippen LogP contribution >= 0.6 is 23.2 Å². The molecule has 0 aliphatic carbocycles. The van der Waals surface area contributed by atoms with E-state index in [1.165, 1.54) is 11.1 Å². The van der Waals surface area contributed by atoms with Crippen molar-refractivity contribution in [2.24, 2.45) is 10.3 Å². The highest BCUT2D eigenvalue weighted by Crippen LogP contribution is 2.36. The molecular weight excluding hydrogens is 404 g/mol. The Labute approximate surface area is 171 Å². The number of halogens is 3. The summed E-state index contributed by atoms with van der Waals surface area (Å²) in [5, 5.41) is 10.8. The van der Waals surface area contributed by atoms with Crippen molar-refractivity contribution < 1.29 is 14.0 Å². The SMILES string of the molecule is C=CC(=O)O/N=C(/C)N1N=C(c2ccc(Cl)cc2Cl)CC1c1ccccc1F. The minimum absolute atomic E-state index is 0.281. The molecule has 1 aliphatic heterocycles. The van der Waals surface area contributed by atoms with E-state index in [1.54, 1.807) is 43.3 Å². The van der Waals surface area contributed by atoms with Gasteiger partial charge in [-0.15, -0.1) is 0 Å². The molecule has 1 unspecified atom stereocenters. The first-order chi connectivity index (χ1) is 13.4. The third-order valence-corrected chi connectivity index (χ3v) is 4.73. The minimum Gasteiger partial charge on any atom is -0.312 e. The second-order valence-electron chi connectivity index (χ2n) is 6.01. The summed E-state index contributed by atoms with van der Waals surface area (Å²) < 4.78 is 14.4. The average Bonchev–Trinajstić information content (AvgIpc) is 3.11. The largest absolute Gasteiger partial charge is 0.358 e. The third-order valence-electron chi connectivity index (χ3n) is 4.18. The number of carbonyl (C=O) groups is 1. The van der Waals surface area contributed by atoms with Crippen LogP contribution in [-0.2, 0) is 9.63 Å². The van der Waals surface area contributed by atoms with Gasteiger partial charge in [-0.05, 0) is 25.1 Å². The fourth-order valence-electron chi connectivity index (χ4n) is 2.87. The molecule has 0 spiro atoms. The molecule has 0 radical (unpaired) electrons. The number of nitrogens with zero attached hydrogens (tertiary/aromatic N) is 3. The van der Waals surface area contributed by atoms with E-state index in [1.807, 2.05) is 0 Å².